The second kappa shape index (κ2) is 7.48. The molecule has 1 fully saturated rings. The van der Waals surface area contributed by atoms with Gasteiger partial charge < -0.3 is 0 Å². The molecule has 26 heavy (non-hydrogen) atoms. The number of hydrogen-bond donors (Lipinski definition) is 0. The summed E-state index contributed by atoms with van der Waals surface area (Å²) in [6, 6.07) is 11.2. The summed E-state index contributed by atoms with van der Waals surface area (Å²) >= 11 is 0. The molecular weight excluding hydrogens is 361 g/mol. The summed E-state index contributed by atoms with van der Waals surface area (Å²) < 4.78 is 39.7. The number of hydrogen-bond acceptors (Lipinski definition) is 5. The molecule has 0 bridgehead atoms. The van der Waals surface area contributed by atoms with Crippen molar-refractivity contribution in [3.05, 3.63) is 70.0 Å². The topological polar surface area (TPSA) is 83.8 Å². The van der Waals surface area contributed by atoms with Gasteiger partial charge in [0.2, 0.25) is 10.0 Å². The van der Waals surface area contributed by atoms with Crippen LogP contribution in [0.15, 0.2) is 53.4 Å². The van der Waals surface area contributed by atoms with Gasteiger partial charge in [0.15, 0.2) is 0 Å². The summed E-state index contributed by atoms with van der Waals surface area (Å²) in [5.41, 5.74) is 0.825. The Bertz CT molecular complexity index is 877. The number of benzene rings is 2. The lowest BCUT2D eigenvalue weighted by Crippen LogP contribution is -2.48. The van der Waals surface area contributed by atoms with E-state index in [4.69, 9.17) is 0 Å². The second-order valence-electron chi connectivity index (χ2n) is 6.06. The molecule has 9 heteroatoms. The molecule has 0 amide bonds. The van der Waals surface area contributed by atoms with Crippen LogP contribution in [0.1, 0.15) is 5.56 Å². The highest BCUT2D eigenvalue weighted by Crippen LogP contribution is 2.21. The van der Waals surface area contributed by atoms with Crippen molar-refractivity contribution in [3.8, 4) is 0 Å². The molecule has 1 aliphatic heterocycles. The third-order valence-corrected chi connectivity index (χ3v) is 6.25. The SMILES string of the molecule is O=[N+]([O-])c1ccc(S(=O)(=O)N2CCN(Cc3ccc(F)cc3)CC2)cc1. The van der Waals surface area contributed by atoms with Gasteiger partial charge in [0.25, 0.3) is 5.69 Å². The fourth-order valence-electron chi connectivity index (χ4n) is 2.86. The first-order valence-corrected chi connectivity index (χ1v) is 9.52. The molecule has 0 spiro atoms. The van der Waals surface area contributed by atoms with Gasteiger partial charge in [-0.25, -0.2) is 12.8 Å². The summed E-state index contributed by atoms with van der Waals surface area (Å²) in [6.45, 7) is 2.42. The van der Waals surface area contributed by atoms with E-state index in [0.717, 1.165) is 5.56 Å². The third-order valence-electron chi connectivity index (χ3n) is 4.34. The minimum Gasteiger partial charge on any atom is -0.296 e. The minimum absolute atomic E-state index is 0.0510. The van der Waals surface area contributed by atoms with E-state index in [0.29, 0.717) is 32.7 Å². The molecule has 0 unspecified atom stereocenters. The maximum absolute atomic E-state index is 13.0. The van der Waals surface area contributed by atoms with Crippen LogP contribution in [0, 0.1) is 15.9 Å². The van der Waals surface area contributed by atoms with Gasteiger partial charge in [-0.1, -0.05) is 12.1 Å². The summed E-state index contributed by atoms with van der Waals surface area (Å²) in [7, 11) is -3.67. The molecule has 2 aromatic rings. The molecule has 0 saturated carbocycles. The normalized spacial score (nSPS) is 16.5. The third kappa shape index (κ3) is 4.06. The molecule has 0 aromatic heterocycles. The highest BCUT2D eigenvalue weighted by Gasteiger charge is 2.28. The van der Waals surface area contributed by atoms with Gasteiger partial charge in [-0.3, -0.25) is 15.0 Å². The van der Waals surface area contributed by atoms with Crippen molar-refractivity contribution in [1.29, 1.82) is 0 Å². The van der Waals surface area contributed by atoms with Crippen molar-refractivity contribution in [2.45, 2.75) is 11.4 Å². The molecule has 0 radical (unpaired) electrons. The molecular formula is C17H18FN3O4S. The Morgan fingerprint density at radius 1 is 0.962 bits per heavy atom. The number of nitro benzene ring substituents is 1. The summed E-state index contributed by atoms with van der Waals surface area (Å²) in [5, 5.41) is 10.7. The number of sulfonamides is 1. The van der Waals surface area contributed by atoms with E-state index in [1.54, 1.807) is 12.1 Å². The molecule has 1 heterocycles. The van der Waals surface area contributed by atoms with Gasteiger partial charge in [0.05, 0.1) is 9.82 Å². The number of rotatable bonds is 5. The zero-order valence-electron chi connectivity index (χ0n) is 13.9. The van der Waals surface area contributed by atoms with Crippen LogP contribution in [0.4, 0.5) is 10.1 Å². The zero-order valence-corrected chi connectivity index (χ0v) is 14.7. The van der Waals surface area contributed by atoms with E-state index in [2.05, 4.69) is 4.90 Å². The number of halogens is 1. The first-order valence-electron chi connectivity index (χ1n) is 8.08. The average molecular weight is 379 g/mol. The summed E-state index contributed by atoms with van der Waals surface area (Å²) in [4.78, 5) is 12.3. The van der Waals surface area contributed by atoms with Crippen molar-refractivity contribution in [1.82, 2.24) is 9.21 Å². The predicted molar refractivity (Wildman–Crippen MR) is 93.5 cm³/mol. The Balaban J connectivity index is 1.62. The van der Waals surface area contributed by atoms with Crippen LogP contribution >= 0.6 is 0 Å². The van der Waals surface area contributed by atoms with Crippen molar-refractivity contribution in [2.75, 3.05) is 26.2 Å². The molecule has 7 nitrogen and oxygen atoms in total. The summed E-state index contributed by atoms with van der Waals surface area (Å²) in [6.07, 6.45) is 0. The van der Waals surface area contributed by atoms with Gasteiger partial charge in [0.1, 0.15) is 5.82 Å². The van der Waals surface area contributed by atoms with Crippen LogP contribution in [-0.2, 0) is 16.6 Å². The van der Waals surface area contributed by atoms with Crippen LogP contribution in [-0.4, -0.2) is 48.7 Å². The zero-order chi connectivity index (χ0) is 18.7. The second-order valence-corrected chi connectivity index (χ2v) is 8.00. The molecule has 138 valence electrons. The number of nitrogens with zero attached hydrogens (tertiary/aromatic N) is 3. The molecule has 0 aliphatic carbocycles. The quantitative estimate of drug-likeness (QED) is 0.588. The van der Waals surface area contributed by atoms with Crippen molar-refractivity contribution in [3.63, 3.8) is 0 Å². The standard InChI is InChI=1S/C17H18FN3O4S/c18-15-3-1-14(2-4-15)13-19-9-11-20(12-10-19)26(24,25)17-7-5-16(6-8-17)21(22)23/h1-8H,9-13H2. The first-order chi connectivity index (χ1) is 12.4. The fraction of sp³-hybridized carbons (Fsp3) is 0.294. The van der Waals surface area contributed by atoms with E-state index >= 15 is 0 Å². The van der Waals surface area contributed by atoms with E-state index in [9.17, 15) is 22.9 Å². The fourth-order valence-corrected chi connectivity index (χ4v) is 4.29. The van der Waals surface area contributed by atoms with Crippen LogP contribution < -0.4 is 0 Å². The Kier molecular flexibility index (Phi) is 5.30. The average Bonchev–Trinajstić information content (AvgIpc) is 2.64. The highest BCUT2D eigenvalue weighted by atomic mass is 32.2. The monoisotopic (exact) mass is 379 g/mol. The van der Waals surface area contributed by atoms with Crippen molar-refractivity contribution in [2.24, 2.45) is 0 Å². The van der Waals surface area contributed by atoms with E-state index in [-0.39, 0.29) is 16.4 Å². The van der Waals surface area contributed by atoms with Crippen LogP contribution in [0.2, 0.25) is 0 Å². The predicted octanol–water partition coefficient (Wildman–Crippen LogP) is 2.24. The summed E-state index contributed by atoms with van der Waals surface area (Å²) in [5.74, 6) is -0.284. The van der Waals surface area contributed by atoms with Crippen LogP contribution in [0.5, 0.6) is 0 Å². The maximum Gasteiger partial charge on any atom is 0.269 e. The lowest BCUT2D eigenvalue weighted by molar-refractivity contribution is -0.384. The maximum atomic E-state index is 13.0. The Morgan fingerprint density at radius 3 is 2.08 bits per heavy atom. The smallest absolute Gasteiger partial charge is 0.269 e. The molecule has 1 aliphatic rings. The van der Waals surface area contributed by atoms with Crippen LogP contribution in [0.3, 0.4) is 0 Å². The Hall–Kier alpha value is -2.36. The van der Waals surface area contributed by atoms with Gasteiger partial charge in [-0.05, 0) is 29.8 Å². The molecule has 3 rings (SSSR count). The Labute approximate surface area is 150 Å². The largest absolute Gasteiger partial charge is 0.296 e. The molecule has 2 aromatic carbocycles. The Morgan fingerprint density at radius 2 is 1.54 bits per heavy atom. The lowest BCUT2D eigenvalue weighted by atomic mass is 10.2. The lowest BCUT2D eigenvalue weighted by Gasteiger charge is -2.34. The number of nitro groups is 1. The van der Waals surface area contributed by atoms with Gasteiger partial charge in [0, 0.05) is 44.9 Å². The molecule has 0 N–H and O–H groups in total. The van der Waals surface area contributed by atoms with Crippen molar-refractivity contribution < 1.29 is 17.7 Å². The minimum atomic E-state index is -3.67. The molecule has 1 saturated heterocycles. The number of non-ortho nitro benzene ring substituents is 1. The van der Waals surface area contributed by atoms with E-state index < -0.39 is 14.9 Å². The van der Waals surface area contributed by atoms with E-state index in [1.165, 1.54) is 40.7 Å². The van der Waals surface area contributed by atoms with Crippen LogP contribution in [0.25, 0.3) is 0 Å². The molecule has 0 atom stereocenters. The van der Waals surface area contributed by atoms with Crippen molar-refractivity contribution >= 4 is 15.7 Å². The van der Waals surface area contributed by atoms with E-state index in [1.807, 2.05) is 0 Å². The van der Waals surface area contributed by atoms with Gasteiger partial charge in [-0.2, -0.15) is 4.31 Å². The van der Waals surface area contributed by atoms with Gasteiger partial charge >= 0.3 is 0 Å². The first kappa shape index (κ1) is 18.4. The van der Waals surface area contributed by atoms with Gasteiger partial charge in [-0.15, -0.1) is 0 Å². The number of piperazine rings is 1. The highest BCUT2D eigenvalue weighted by molar-refractivity contribution is 7.89.